The SMILES string of the molecule is CCC(=O)I(=N)(COC)[Si](C)(C)O[Si]c1ccccc1. The van der Waals surface area contributed by atoms with Crippen molar-refractivity contribution in [1.29, 1.82) is 3.56 Å². The molecular weight excluding hydrogens is 401 g/mol. The Morgan fingerprint density at radius 2 is 1.95 bits per heavy atom. The molecule has 112 valence electrons. The fourth-order valence-electron chi connectivity index (χ4n) is 1.59. The summed E-state index contributed by atoms with van der Waals surface area (Å²) >= 11 is -3.42. The average molecular weight is 423 g/mol. The third kappa shape index (κ3) is 4.14. The van der Waals surface area contributed by atoms with Gasteiger partial charge in [0.2, 0.25) is 0 Å². The van der Waals surface area contributed by atoms with Gasteiger partial charge in [-0.25, -0.2) is 0 Å². The average Bonchev–Trinajstić information content (AvgIpc) is 2.45. The molecule has 2 radical (unpaired) electrons. The molecular formula is C13H22INO3Si2. The number of alkyl halides is 1. The standard InChI is InChI=1S/C13H22INO3Si2/c1-5-13(16)14(15,11-17-2)20(3,4)18-19-12-9-7-6-8-10-12/h6-10,15H,5,11H2,1-4H3. The number of rotatable bonds is 8. The number of hydrogen-bond acceptors (Lipinski definition) is 4. The third-order valence-corrected chi connectivity index (χ3v) is 29.2. The summed E-state index contributed by atoms with van der Waals surface area (Å²) in [5.41, 5.74) is 0. The van der Waals surface area contributed by atoms with Crippen LogP contribution < -0.4 is 5.19 Å². The van der Waals surface area contributed by atoms with Crippen LogP contribution in [0.25, 0.3) is 0 Å². The summed E-state index contributed by atoms with van der Waals surface area (Å²) < 4.78 is 20.4. The number of nitrogens with one attached hydrogen (secondary N) is 1. The molecule has 0 spiro atoms. The molecule has 0 bridgehead atoms. The van der Waals surface area contributed by atoms with Crippen LogP contribution in [-0.2, 0) is 13.6 Å². The minimum absolute atomic E-state index is 0.0771. The molecule has 0 aliphatic carbocycles. The first-order valence-corrected chi connectivity index (χ1v) is 17.0. The van der Waals surface area contributed by atoms with Gasteiger partial charge in [0.15, 0.2) is 0 Å². The van der Waals surface area contributed by atoms with Gasteiger partial charge in [-0.3, -0.25) is 0 Å². The summed E-state index contributed by atoms with van der Waals surface area (Å²) in [7, 11) is 1.78. The van der Waals surface area contributed by atoms with E-state index in [0.717, 1.165) is 5.19 Å². The van der Waals surface area contributed by atoms with Crippen molar-refractivity contribution in [2.24, 2.45) is 0 Å². The summed E-state index contributed by atoms with van der Waals surface area (Å²) in [4.78, 5) is 12.3. The van der Waals surface area contributed by atoms with Crippen molar-refractivity contribution in [1.82, 2.24) is 0 Å². The number of carbonyl (C=O) groups is 1. The Bertz CT molecular complexity index is 494. The first-order chi connectivity index (χ1) is 9.37. The van der Waals surface area contributed by atoms with E-state index in [9.17, 15) is 4.79 Å². The van der Waals surface area contributed by atoms with Crippen molar-refractivity contribution in [3.05, 3.63) is 30.3 Å². The van der Waals surface area contributed by atoms with Crippen molar-refractivity contribution in [2.45, 2.75) is 26.4 Å². The Morgan fingerprint density at radius 3 is 2.45 bits per heavy atom. The van der Waals surface area contributed by atoms with E-state index in [1.165, 1.54) is 0 Å². The van der Waals surface area contributed by atoms with E-state index in [1.54, 1.807) is 7.11 Å². The van der Waals surface area contributed by atoms with Crippen LogP contribution in [0.5, 0.6) is 0 Å². The fourth-order valence-corrected chi connectivity index (χ4v) is 19.8. The second-order valence-electron chi connectivity index (χ2n) is 4.72. The summed E-state index contributed by atoms with van der Waals surface area (Å²) in [6.45, 7) is 5.83. The molecule has 1 unspecified atom stereocenters. The molecule has 1 rings (SSSR count). The molecule has 1 atom stereocenters. The molecule has 1 aromatic rings. The zero-order valence-electron chi connectivity index (χ0n) is 12.4. The van der Waals surface area contributed by atoms with Crippen LogP contribution in [0.2, 0.25) is 13.1 Å². The van der Waals surface area contributed by atoms with Crippen LogP contribution in [0.15, 0.2) is 30.3 Å². The van der Waals surface area contributed by atoms with Gasteiger partial charge in [0.25, 0.3) is 0 Å². The molecule has 1 aromatic carbocycles. The summed E-state index contributed by atoms with van der Waals surface area (Å²) in [6.07, 6.45) is 0.414. The number of ether oxygens (including phenoxy) is 1. The quantitative estimate of drug-likeness (QED) is 0.230. The van der Waals surface area contributed by atoms with E-state index in [1.807, 2.05) is 50.3 Å². The van der Waals surface area contributed by atoms with Crippen molar-refractivity contribution >= 4 is 42.0 Å². The summed E-state index contributed by atoms with van der Waals surface area (Å²) in [6, 6.07) is 9.94. The van der Waals surface area contributed by atoms with E-state index in [4.69, 9.17) is 12.4 Å². The Kier molecular flexibility index (Phi) is 6.85. The first-order valence-electron chi connectivity index (χ1n) is 6.36. The van der Waals surface area contributed by atoms with Gasteiger partial charge in [-0.05, 0) is 0 Å². The number of halogens is 1. The van der Waals surface area contributed by atoms with Crippen LogP contribution in [0.3, 0.4) is 0 Å². The molecule has 20 heavy (non-hydrogen) atoms. The van der Waals surface area contributed by atoms with E-state index in [2.05, 4.69) is 0 Å². The van der Waals surface area contributed by atoms with Crippen LogP contribution in [0.1, 0.15) is 13.3 Å². The van der Waals surface area contributed by atoms with Gasteiger partial charge in [-0.15, -0.1) is 0 Å². The Balaban J connectivity index is 2.88. The van der Waals surface area contributed by atoms with Crippen molar-refractivity contribution in [3.63, 3.8) is 0 Å². The monoisotopic (exact) mass is 423 g/mol. The van der Waals surface area contributed by atoms with Gasteiger partial charge in [0.05, 0.1) is 0 Å². The maximum absolute atomic E-state index is 12.3. The van der Waals surface area contributed by atoms with Crippen LogP contribution in [0.4, 0.5) is 0 Å². The molecule has 0 fully saturated rings. The van der Waals surface area contributed by atoms with Gasteiger partial charge >= 0.3 is 128 Å². The second kappa shape index (κ2) is 7.69. The van der Waals surface area contributed by atoms with Crippen molar-refractivity contribution < 1.29 is 13.6 Å². The van der Waals surface area contributed by atoms with E-state index < -0.39 is 23.3 Å². The van der Waals surface area contributed by atoms with Gasteiger partial charge < -0.3 is 0 Å². The summed E-state index contributed by atoms with van der Waals surface area (Å²) in [5, 5.41) is 1.11. The molecule has 0 heterocycles. The zero-order valence-corrected chi connectivity index (χ0v) is 16.6. The van der Waals surface area contributed by atoms with Gasteiger partial charge in [0.1, 0.15) is 0 Å². The molecule has 7 heteroatoms. The van der Waals surface area contributed by atoms with Crippen LogP contribution in [-0.4, -0.2) is 31.1 Å². The number of methoxy groups -OCH3 is 1. The molecule has 4 nitrogen and oxygen atoms in total. The molecule has 0 aliphatic rings. The second-order valence-corrected chi connectivity index (χ2v) is 26.9. The van der Waals surface area contributed by atoms with Gasteiger partial charge in [0, 0.05) is 0 Å². The summed E-state index contributed by atoms with van der Waals surface area (Å²) in [5.74, 6) is -2.36. The van der Waals surface area contributed by atoms with E-state index >= 15 is 0 Å². The van der Waals surface area contributed by atoms with Crippen molar-refractivity contribution in [2.75, 3.05) is 11.7 Å². The zero-order chi connectivity index (χ0) is 15.2. The number of benzene rings is 1. The third-order valence-electron chi connectivity index (χ3n) is 2.87. The Labute approximate surface area is 127 Å². The van der Waals surface area contributed by atoms with Crippen molar-refractivity contribution in [3.8, 4) is 0 Å². The van der Waals surface area contributed by atoms with Gasteiger partial charge in [-0.1, -0.05) is 0 Å². The first kappa shape index (κ1) is 17.8. The predicted molar refractivity (Wildman–Crippen MR) is 94.3 cm³/mol. The maximum atomic E-state index is 12.3. The van der Waals surface area contributed by atoms with Crippen LogP contribution >= 0.6 is 17.5 Å². The van der Waals surface area contributed by atoms with E-state index in [0.29, 0.717) is 6.42 Å². The number of hydrogen-bond donors (Lipinski definition) is 1. The Hall–Kier alpha value is -0.226. The minimum atomic E-state index is -3.42. The number of carbonyl (C=O) groups excluding carboxylic acids is 1. The molecule has 1 N–H and O–H groups in total. The van der Waals surface area contributed by atoms with Crippen LogP contribution in [0, 0.1) is 3.56 Å². The predicted octanol–water partition coefficient (Wildman–Crippen LogP) is 2.99. The molecule has 0 amide bonds. The molecule has 0 saturated carbocycles. The topological polar surface area (TPSA) is 59.4 Å². The molecule has 0 aliphatic heterocycles. The van der Waals surface area contributed by atoms with E-state index in [-0.39, 0.29) is 18.2 Å². The molecule has 0 saturated heterocycles. The molecule has 0 aromatic heterocycles. The fraction of sp³-hybridized carbons (Fsp3) is 0.462. The Morgan fingerprint density at radius 1 is 1.35 bits per heavy atom. The normalized spacial score (nSPS) is 16.4. The van der Waals surface area contributed by atoms with Gasteiger partial charge in [-0.2, -0.15) is 0 Å².